The van der Waals surface area contributed by atoms with Crippen LogP contribution in [0, 0.1) is 0 Å². The molecule has 0 unspecified atom stereocenters. The molecule has 1 N–H and O–H groups in total. The monoisotopic (exact) mass is 591 g/mol. The van der Waals surface area contributed by atoms with Gasteiger partial charge in [-0.05, 0) is 6.04 Å². The number of hydrogen-bond acceptors (Lipinski definition) is 9. The number of carbonyl (C=O) groups excluding carboxylic acids is 1. The van der Waals surface area contributed by atoms with Gasteiger partial charge in [0.1, 0.15) is 5.75 Å². The van der Waals surface area contributed by atoms with Crippen molar-refractivity contribution in [2.45, 2.75) is 18.6 Å². The summed E-state index contributed by atoms with van der Waals surface area (Å²) in [6.07, 6.45) is -1.87. The largest absolute Gasteiger partial charge is 0.536 e. The number of fused-ring (bicyclic) bond motifs is 3. The van der Waals surface area contributed by atoms with E-state index in [1.165, 1.54) is 7.11 Å². The lowest BCUT2D eigenvalue weighted by Crippen LogP contribution is -2.58. The minimum Gasteiger partial charge on any atom is -0.536 e. The third kappa shape index (κ3) is 6.85. The van der Waals surface area contributed by atoms with E-state index in [-0.39, 0.29) is 31.4 Å². The minimum atomic E-state index is -4.92. The number of rotatable bonds is 9. The highest BCUT2D eigenvalue weighted by Crippen LogP contribution is 2.34. The first-order valence-electron chi connectivity index (χ1n) is 11.6. The second-order valence-electron chi connectivity index (χ2n) is 8.42. The number of nitrogens with zero attached hydrogens (tertiary/aromatic N) is 4. The van der Waals surface area contributed by atoms with Gasteiger partial charge in [0.25, 0.3) is 5.56 Å². The van der Waals surface area contributed by atoms with Gasteiger partial charge in [0.05, 0.1) is 43.3 Å². The van der Waals surface area contributed by atoms with Crippen LogP contribution in [0.15, 0.2) is 23.3 Å². The number of anilines is 1. The van der Waals surface area contributed by atoms with Crippen LogP contribution in [0.25, 0.3) is 0 Å². The Balaban J connectivity index is 1.28. The number of aromatic amines is 1. The molecular formula is C21H25ClF3N5O6Si2. The van der Waals surface area contributed by atoms with Crippen LogP contribution >= 0.6 is 11.6 Å². The maximum Gasteiger partial charge on any atom is 0.425 e. The second-order valence-corrected chi connectivity index (χ2v) is 13.2. The Morgan fingerprint density at radius 1 is 1.32 bits per heavy atom. The number of halogens is 4. The molecular weight excluding hydrogens is 567 g/mol. The molecule has 1 amide bonds. The van der Waals surface area contributed by atoms with Gasteiger partial charge in [-0.2, -0.15) is 18.3 Å². The molecule has 38 heavy (non-hydrogen) atoms. The lowest BCUT2D eigenvalue weighted by molar-refractivity contribution is -0.139. The number of H-pyrrole nitrogens is 1. The summed E-state index contributed by atoms with van der Waals surface area (Å²) in [6.45, 7) is 1.74. The zero-order chi connectivity index (χ0) is 27.3. The van der Waals surface area contributed by atoms with E-state index >= 15 is 0 Å². The fourth-order valence-electron chi connectivity index (χ4n) is 4.10. The Hall–Kier alpha value is -2.67. The van der Waals surface area contributed by atoms with E-state index in [0.29, 0.717) is 36.6 Å². The predicted octanol–water partition coefficient (Wildman–Crippen LogP) is 1.61. The molecule has 0 aliphatic carbocycles. The summed E-state index contributed by atoms with van der Waals surface area (Å²) in [5.41, 5.74) is -2.86. The third-order valence-corrected chi connectivity index (χ3v) is 10.4. The molecule has 0 aromatic carbocycles. The molecule has 1 fully saturated rings. The van der Waals surface area contributed by atoms with Crippen molar-refractivity contribution < 1.29 is 36.6 Å². The van der Waals surface area contributed by atoms with Gasteiger partial charge in [0.15, 0.2) is 26.1 Å². The molecule has 2 aromatic rings. The summed E-state index contributed by atoms with van der Waals surface area (Å²) in [6, 6.07) is 2.57. The van der Waals surface area contributed by atoms with E-state index in [0.717, 1.165) is 18.1 Å². The van der Waals surface area contributed by atoms with Crippen LogP contribution in [0.2, 0.25) is 11.1 Å². The zero-order valence-electron chi connectivity index (χ0n) is 20.3. The molecule has 4 rings (SSSR count). The molecule has 0 saturated carbocycles. The van der Waals surface area contributed by atoms with Crippen LogP contribution in [-0.2, 0) is 20.4 Å². The number of methoxy groups -OCH3 is 1. The lowest BCUT2D eigenvalue weighted by Gasteiger charge is -2.40. The Kier molecular flexibility index (Phi) is 9.29. The summed E-state index contributed by atoms with van der Waals surface area (Å²) in [5, 5.41) is 5.66. The van der Waals surface area contributed by atoms with Gasteiger partial charge < -0.3 is 28.1 Å². The standard InChI is InChI=1S/C21H25ClF3N5O6Si2/c1-33-12-38(36-16-10-27-28-20(32)18(16)21(23,24)25)13-34-5-2-17(31)29-3-4-30-19-15(8-14(22)9-26-19)35-6-7-37(30)11-29/h8-10H,2-7,11-13H2,1H3,(H,28,32). The van der Waals surface area contributed by atoms with Crippen molar-refractivity contribution in [3.05, 3.63) is 39.4 Å². The Morgan fingerprint density at radius 3 is 2.89 bits per heavy atom. The van der Waals surface area contributed by atoms with Gasteiger partial charge in [-0.25, -0.2) is 10.1 Å². The highest BCUT2D eigenvalue weighted by Gasteiger charge is 2.39. The maximum absolute atomic E-state index is 13.3. The van der Waals surface area contributed by atoms with Crippen LogP contribution in [0.1, 0.15) is 12.0 Å². The first-order valence-corrected chi connectivity index (χ1v) is 15.7. The number of pyridine rings is 1. The smallest absolute Gasteiger partial charge is 0.425 e. The molecule has 2 radical (unpaired) electrons. The average molecular weight is 592 g/mol. The van der Waals surface area contributed by atoms with Crippen molar-refractivity contribution in [3.63, 3.8) is 0 Å². The van der Waals surface area contributed by atoms with Crippen LogP contribution in [0.4, 0.5) is 19.0 Å². The molecule has 2 aromatic heterocycles. The molecule has 1 saturated heterocycles. The normalized spacial score (nSPS) is 16.1. The molecule has 206 valence electrons. The van der Waals surface area contributed by atoms with E-state index < -0.39 is 41.0 Å². The summed E-state index contributed by atoms with van der Waals surface area (Å²) in [5.74, 6) is 0.656. The number of hydrogen-bond donors (Lipinski definition) is 1. The molecule has 2 aliphatic heterocycles. The van der Waals surface area contributed by atoms with Gasteiger partial charge >= 0.3 is 15.2 Å². The molecule has 0 bridgehead atoms. The van der Waals surface area contributed by atoms with Gasteiger partial charge in [-0.3, -0.25) is 9.59 Å². The summed E-state index contributed by atoms with van der Waals surface area (Å²) in [4.78, 5) is 30.8. The number of alkyl halides is 3. The highest BCUT2D eigenvalue weighted by atomic mass is 35.5. The van der Waals surface area contributed by atoms with Gasteiger partial charge in [0.2, 0.25) is 5.91 Å². The van der Waals surface area contributed by atoms with E-state index in [9.17, 15) is 22.8 Å². The molecule has 0 atom stereocenters. The third-order valence-electron chi connectivity index (χ3n) is 5.79. The van der Waals surface area contributed by atoms with Crippen LogP contribution < -0.4 is 19.3 Å². The summed E-state index contributed by atoms with van der Waals surface area (Å²) in [7, 11) is -1.87. The molecule has 17 heteroatoms. The van der Waals surface area contributed by atoms with E-state index in [1.54, 1.807) is 17.4 Å². The number of nitrogens with one attached hydrogen (secondary N) is 1. The Morgan fingerprint density at radius 2 is 2.13 bits per heavy atom. The summed E-state index contributed by atoms with van der Waals surface area (Å²) < 4.78 is 64.0. The van der Waals surface area contributed by atoms with Crippen molar-refractivity contribution in [2.75, 3.05) is 56.6 Å². The van der Waals surface area contributed by atoms with Gasteiger partial charge in [-0.15, -0.1) is 0 Å². The van der Waals surface area contributed by atoms with Gasteiger partial charge in [0, 0.05) is 38.6 Å². The highest BCUT2D eigenvalue weighted by molar-refractivity contribution is 6.64. The topological polar surface area (TPSA) is 119 Å². The average Bonchev–Trinajstić information content (AvgIpc) is 3.04. The maximum atomic E-state index is 13.3. The summed E-state index contributed by atoms with van der Waals surface area (Å²) >= 11 is 6.05. The van der Waals surface area contributed by atoms with Crippen molar-refractivity contribution in [3.8, 4) is 11.5 Å². The van der Waals surface area contributed by atoms with Crippen molar-refractivity contribution in [2.24, 2.45) is 0 Å². The Labute approximate surface area is 224 Å². The predicted molar refractivity (Wildman–Crippen MR) is 133 cm³/mol. The zero-order valence-corrected chi connectivity index (χ0v) is 23.1. The number of amides is 1. The minimum absolute atomic E-state index is 0.000746. The van der Waals surface area contributed by atoms with Crippen LogP contribution in [0.5, 0.6) is 11.5 Å². The van der Waals surface area contributed by atoms with Crippen molar-refractivity contribution in [1.29, 1.82) is 0 Å². The quantitative estimate of drug-likeness (QED) is 0.343. The van der Waals surface area contributed by atoms with Crippen LogP contribution in [-0.4, -0.2) is 96.0 Å². The number of carbonyl (C=O) groups is 1. The van der Waals surface area contributed by atoms with Crippen LogP contribution in [0.3, 0.4) is 0 Å². The van der Waals surface area contributed by atoms with Crippen molar-refractivity contribution >= 4 is 41.3 Å². The van der Waals surface area contributed by atoms with E-state index in [2.05, 4.69) is 14.6 Å². The lowest BCUT2D eigenvalue weighted by atomic mass is 10.3. The fraction of sp³-hybridized carbons (Fsp3) is 0.524. The second kappa shape index (κ2) is 12.5. The molecule has 0 spiro atoms. The number of ether oxygens (including phenoxy) is 3. The van der Waals surface area contributed by atoms with E-state index in [1.807, 2.05) is 4.90 Å². The first-order chi connectivity index (χ1) is 18.2. The Bertz CT molecular complexity index is 1190. The SMILES string of the molecule is COC[Si](COCCC(=O)N1CCN2c3ncc(Cl)cc3OCC[Si]2C1)Oc1cn[nH]c(=O)c1C(F)(F)F. The molecule has 4 heterocycles. The molecule has 2 aliphatic rings. The van der Waals surface area contributed by atoms with Crippen molar-refractivity contribution in [1.82, 2.24) is 20.1 Å². The fourth-order valence-corrected chi connectivity index (χ4v) is 8.20. The first kappa shape index (κ1) is 28.3. The molecule has 11 nitrogen and oxygen atoms in total. The van der Waals surface area contributed by atoms with Gasteiger partial charge in [-0.1, -0.05) is 11.6 Å². The van der Waals surface area contributed by atoms with E-state index in [4.69, 9.17) is 30.2 Å². The number of aromatic nitrogens is 3.